The Morgan fingerprint density at radius 2 is 1.25 bits per heavy atom. The van der Waals surface area contributed by atoms with Crippen molar-refractivity contribution in [1.29, 1.82) is 0 Å². The maximum Gasteiger partial charge on any atom is 2.00 e. The van der Waals surface area contributed by atoms with Gasteiger partial charge in [0.05, 0.1) is 0 Å². The second-order valence-corrected chi connectivity index (χ2v) is 0. The van der Waals surface area contributed by atoms with Crippen LogP contribution in [0.15, 0.2) is 0 Å². The van der Waals surface area contributed by atoms with Gasteiger partial charge in [-0.2, -0.15) is 0 Å². The van der Waals surface area contributed by atoms with E-state index in [1.807, 2.05) is 0 Å². The zero-order valence-electron chi connectivity index (χ0n) is 3.85. The van der Waals surface area contributed by atoms with Crippen LogP contribution in [0.1, 0.15) is 2.85 Å². The second kappa shape index (κ2) is 17.0. The first-order valence-corrected chi connectivity index (χ1v) is 0. The summed E-state index contributed by atoms with van der Waals surface area (Å²) in [4.78, 5) is 0. The van der Waals surface area contributed by atoms with Crippen LogP contribution in [0, 0.1) is 0 Å². The Hall–Kier alpha value is 2.83. The van der Waals surface area contributed by atoms with Crippen LogP contribution in [0.4, 0.5) is 0 Å². The molecule has 0 aromatic heterocycles. The van der Waals surface area contributed by atoms with E-state index >= 15 is 0 Å². The minimum absolute atomic E-state index is 0. The van der Waals surface area contributed by atoms with Crippen molar-refractivity contribution >= 4 is 37.7 Å². The second-order valence-electron chi connectivity index (χ2n) is 0. The first kappa shape index (κ1) is 29.0. The van der Waals surface area contributed by atoms with Crippen molar-refractivity contribution in [3.05, 3.63) is 0 Å². The SMILES string of the molecule is [Ca+2].[Cr].[Fe].[H-].[H-].[Mn]. The minimum Gasteiger partial charge on any atom is -1.00 e. The van der Waals surface area contributed by atoms with Gasteiger partial charge in [-0.15, -0.1) is 0 Å². The maximum atomic E-state index is 0. The third-order valence-electron chi connectivity index (χ3n) is 0. The van der Waals surface area contributed by atoms with Crippen molar-refractivity contribution in [3.8, 4) is 0 Å². The molecule has 0 aliphatic heterocycles. The smallest absolute Gasteiger partial charge is 1.00 e. The normalized spacial score (nSPS) is 0. The summed E-state index contributed by atoms with van der Waals surface area (Å²) in [5.74, 6) is 0. The van der Waals surface area contributed by atoms with Crippen LogP contribution >= 0.6 is 0 Å². The summed E-state index contributed by atoms with van der Waals surface area (Å²) >= 11 is 0. The Morgan fingerprint density at radius 3 is 1.25 bits per heavy atom. The molecule has 25 valence electrons. The summed E-state index contributed by atoms with van der Waals surface area (Å²) in [7, 11) is 0. The summed E-state index contributed by atoms with van der Waals surface area (Å²) in [6.07, 6.45) is 0. The van der Waals surface area contributed by atoms with E-state index in [9.17, 15) is 0 Å². The van der Waals surface area contributed by atoms with E-state index in [0.29, 0.717) is 0 Å². The summed E-state index contributed by atoms with van der Waals surface area (Å²) in [5.41, 5.74) is 0. The quantitative estimate of drug-likeness (QED) is 0.482. The van der Waals surface area contributed by atoms with E-state index < -0.39 is 0 Å². The Morgan fingerprint density at radius 1 is 1.25 bits per heavy atom. The zero-order chi connectivity index (χ0) is 0. The molecule has 0 nitrogen and oxygen atoms in total. The largest absolute Gasteiger partial charge is 2.00 e. The molecule has 0 bridgehead atoms. The van der Waals surface area contributed by atoms with Gasteiger partial charge in [0.2, 0.25) is 0 Å². The third-order valence-corrected chi connectivity index (χ3v) is 0. The molecule has 0 rings (SSSR count). The fraction of sp³-hybridized carbons (Fsp3) is 0. The summed E-state index contributed by atoms with van der Waals surface area (Å²) in [6, 6.07) is 0. The van der Waals surface area contributed by atoms with E-state index in [1.165, 1.54) is 0 Å². The Bertz CT molecular complexity index is 13.5. The average Bonchev–Trinajstić information content (AvgIpc) is 0. The third kappa shape index (κ3) is 8.85. The van der Waals surface area contributed by atoms with Gasteiger partial charge in [-0.05, 0) is 0 Å². The predicted octanol–water partition coefficient (Wildman–Crippen LogP) is -0.163. The van der Waals surface area contributed by atoms with Gasteiger partial charge in [-0.3, -0.25) is 0 Å². The molecule has 0 atom stereocenters. The number of rotatable bonds is 0. The first-order valence-electron chi connectivity index (χ1n) is 0. The van der Waals surface area contributed by atoms with Crippen LogP contribution < -0.4 is 0 Å². The molecule has 0 unspecified atom stereocenters. The molecule has 4 heteroatoms. The van der Waals surface area contributed by atoms with Crippen molar-refractivity contribution in [2.75, 3.05) is 0 Å². The van der Waals surface area contributed by atoms with E-state index in [-0.39, 0.29) is 92.1 Å². The van der Waals surface area contributed by atoms with Gasteiger partial charge < -0.3 is 2.85 Å². The minimum atomic E-state index is 0. The summed E-state index contributed by atoms with van der Waals surface area (Å²) in [5, 5.41) is 0. The number of hydrogen-bond acceptors (Lipinski definition) is 0. The molecule has 0 aromatic rings. The van der Waals surface area contributed by atoms with Gasteiger partial charge in [0.1, 0.15) is 0 Å². The van der Waals surface area contributed by atoms with Crippen LogP contribution in [0.25, 0.3) is 0 Å². The van der Waals surface area contributed by atoms with Crippen molar-refractivity contribution in [1.82, 2.24) is 0 Å². The van der Waals surface area contributed by atoms with Gasteiger partial charge in [0.25, 0.3) is 0 Å². The molecule has 4 heavy (non-hydrogen) atoms. The van der Waals surface area contributed by atoms with E-state index in [4.69, 9.17) is 0 Å². The molecular weight excluding hydrogens is 203 g/mol. The maximum absolute atomic E-state index is 0. The molecule has 1 radical (unpaired) electrons. The standard InChI is InChI=1S/Ca.Cr.Fe.Mn.2H/q+2;;;;2*-1. The fourth-order valence-corrected chi connectivity index (χ4v) is 0. The average molecular weight is 205 g/mol. The zero-order valence-corrected chi connectivity index (χ0v) is 7.61. The van der Waals surface area contributed by atoms with E-state index in [1.54, 1.807) is 0 Å². The van der Waals surface area contributed by atoms with Crippen molar-refractivity contribution in [2.45, 2.75) is 0 Å². The van der Waals surface area contributed by atoms with Gasteiger partial charge >= 0.3 is 37.7 Å². The van der Waals surface area contributed by atoms with Gasteiger partial charge in [0, 0.05) is 51.5 Å². The Balaban J connectivity index is 0. The summed E-state index contributed by atoms with van der Waals surface area (Å²) < 4.78 is 0. The van der Waals surface area contributed by atoms with Crippen molar-refractivity contribution in [2.24, 2.45) is 0 Å². The van der Waals surface area contributed by atoms with Gasteiger partial charge in [-0.1, -0.05) is 0 Å². The molecule has 0 spiro atoms. The van der Waals surface area contributed by atoms with E-state index in [2.05, 4.69) is 0 Å². The molecule has 0 amide bonds. The molecule has 0 aliphatic carbocycles. The topological polar surface area (TPSA) is 0 Å². The van der Waals surface area contributed by atoms with Crippen LogP contribution in [0.5, 0.6) is 0 Å². The van der Waals surface area contributed by atoms with Gasteiger partial charge in [-0.25, -0.2) is 0 Å². The molecule has 0 N–H and O–H groups in total. The molecule has 0 fully saturated rings. The molecule has 0 saturated heterocycles. The fourth-order valence-electron chi connectivity index (χ4n) is 0. The molecule has 0 aromatic carbocycles. The van der Waals surface area contributed by atoms with Crippen molar-refractivity contribution < 1.29 is 54.4 Å². The molecule has 0 heterocycles. The van der Waals surface area contributed by atoms with Crippen molar-refractivity contribution in [3.63, 3.8) is 0 Å². The molecule has 0 saturated carbocycles. The van der Waals surface area contributed by atoms with E-state index in [0.717, 1.165) is 0 Å². The summed E-state index contributed by atoms with van der Waals surface area (Å²) in [6.45, 7) is 0. The van der Waals surface area contributed by atoms with Crippen LogP contribution in [-0.2, 0) is 51.5 Å². The molecular formula is H2CaCrFeMn. The van der Waals surface area contributed by atoms with Crippen LogP contribution in [-0.4, -0.2) is 37.7 Å². The Labute approximate surface area is 90.5 Å². The molecule has 0 aliphatic rings. The van der Waals surface area contributed by atoms with Crippen LogP contribution in [0.3, 0.4) is 0 Å². The Kier molecular flexibility index (Phi) is 123. The van der Waals surface area contributed by atoms with Gasteiger partial charge in [0.15, 0.2) is 0 Å². The first-order chi connectivity index (χ1) is 0. The number of hydrogen-bond donors (Lipinski definition) is 0. The monoisotopic (exact) mass is 205 g/mol. The van der Waals surface area contributed by atoms with Crippen LogP contribution in [0.2, 0.25) is 0 Å². The predicted molar refractivity (Wildman–Crippen MR) is 7.98 cm³/mol.